The Labute approximate surface area is 247 Å². The second-order valence-corrected chi connectivity index (χ2v) is 10.5. The molecule has 2 amide bonds. The Morgan fingerprint density at radius 2 is 1.57 bits per heavy atom. The number of nitrogens with zero attached hydrogens (tertiary/aromatic N) is 1. The number of carbonyl (C=O) groups excluding carboxylic acids is 5. The minimum Gasteiger partial charge on any atom is -0.455 e. The predicted molar refractivity (Wildman–Crippen MR) is 154 cm³/mol. The van der Waals surface area contributed by atoms with E-state index in [1.807, 2.05) is 44.2 Å². The molecule has 0 aromatic heterocycles. The molecule has 0 spiro atoms. The molecule has 0 aliphatic carbocycles. The Balaban J connectivity index is 2.39. The first-order chi connectivity index (χ1) is 20.0. The van der Waals surface area contributed by atoms with Crippen molar-refractivity contribution in [1.29, 1.82) is 0 Å². The van der Waals surface area contributed by atoms with Crippen LogP contribution in [0.25, 0.3) is 0 Å². The molecule has 6 atom stereocenters. The number of allylic oxidation sites excluding steroid dienone is 1. The highest BCUT2D eigenvalue weighted by Crippen LogP contribution is 2.22. The third kappa shape index (κ3) is 10.9. The Morgan fingerprint density at radius 3 is 2.14 bits per heavy atom. The zero-order valence-corrected chi connectivity index (χ0v) is 25.4. The number of esters is 3. The number of ether oxygens (including phenoxy) is 4. The van der Waals surface area contributed by atoms with Gasteiger partial charge in [-0.25, -0.2) is 0 Å². The van der Waals surface area contributed by atoms with Gasteiger partial charge >= 0.3 is 17.9 Å². The maximum atomic E-state index is 13.7. The maximum Gasteiger partial charge on any atom is 0.303 e. The second-order valence-electron chi connectivity index (χ2n) is 10.5. The number of carbonyl (C=O) groups is 5. The third-order valence-corrected chi connectivity index (χ3v) is 6.95. The van der Waals surface area contributed by atoms with Gasteiger partial charge in [0.05, 0.1) is 0 Å². The lowest BCUT2D eigenvalue weighted by Crippen LogP contribution is -2.58. The number of benzene rings is 1. The zero-order valence-electron chi connectivity index (χ0n) is 25.4. The molecule has 1 fully saturated rings. The Bertz CT molecular complexity index is 1090. The van der Waals surface area contributed by atoms with Gasteiger partial charge in [-0.3, -0.25) is 24.0 Å². The monoisotopic (exact) mass is 588 g/mol. The highest BCUT2D eigenvalue weighted by Gasteiger charge is 2.45. The number of hydrogen-bond acceptors (Lipinski definition) is 9. The Hall–Kier alpha value is -3.73. The Morgan fingerprint density at radius 1 is 0.952 bits per heavy atom. The van der Waals surface area contributed by atoms with Crippen LogP contribution in [0, 0.1) is 5.92 Å². The fraction of sp³-hybridized carbons (Fsp3) is 0.581. The molecule has 2 rings (SSSR count). The van der Waals surface area contributed by atoms with Crippen LogP contribution >= 0.6 is 0 Å². The van der Waals surface area contributed by atoms with Crippen LogP contribution in [0.1, 0.15) is 65.9 Å². The molecule has 1 aliphatic heterocycles. The van der Waals surface area contributed by atoms with E-state index in [9.17, 15) is 24.0 Å². The summed E-state index contributed by atoms with van der Waals surface area (Å²) in [5, 5.41) is 2.76. The molecule has 1 saturated heterocycles. The first-order valence-electron chi connectivity index (χ1n) is 14.3. The number of likely N-dealkylation sites (tertiary alicyclic amines) is 1. The van der Waals surface area contributed by atoms with E-state index in [0.29, 0.717) is 25.9 Å². The van der Waals surface area contributed by atoms with Crippen LogP contribution in [0.4, 0.5) is 0 Å². The molecule has 1 aliphatic rings. The van der Waals surface area contributed by atoms with Crippen molar-refractivity contribution in [1.82, 2.24) is 10.2 Å². The molecule has 0 saturated carbocycles. The summed E-state index contributed by atoms with van der Waals surface area (Å²) in [6, 6.07) is 8.71. The zero-order chi connectivity index (χ0) is 31.2. The average Bonchev–Trinajstić information content (AvgIpc) is 3.10. The number of hydrogen-bond donors (Lipinski definition) is 1. The van der Waals surface area contributed by atoms with Crippen molar-refractivity contribution in [3.63, 3.8) is 0 Å². The molecule has 42 heavy (non-hydrogen) atoms. The molecular weight excluding hydrogens is 544 g/mol. The molecule has 11 nitrogen and oxygen atoms in total. The minimum atomic E-state index is -1.51. The lowest BCUT2D eigenvalue weighted by molar-refractivity contribution is -0.192. The third-order valence-electron chi connectivity index (χ3n) is 6.95. The molecule has 1 unspecified atom stereocenters. The highest BCUT2D eigenvalue weighted by atomic mass is 16.6. The van der Waals surface area contributed by atoms with Gasteiger partial charge in [-0.1, -0.05) is 56.7 Å². The van der Waals surface area contributed by atoms with Gasteiger partial charge in [-0.05, 0) is 36.8 Å². The van der Waals surface area contributed by atoms with Gasteiger partial charge in [0.1, 0.15) is 6.04 Å². The molecule has 0 bridgehead atoms. The van der Waals surface area contributed by atoms with Crippen molar-refractivity contribution >= 4 is 29.7 Å². The number of amides is 2. The summed E-state index contributed by atoms with van der Waals surface area (Å²) < 4.78 is 22.0. The van der Waals surface area contributed by atoms with E-state index in [0.717, 1.165) is 32.3 Å². The van der Waals surface area contributed by atoms with Crippen molar-refractivity contribution in [3.05, 3.63) is 48.0 Å². The molecule has 1 aromatic carbocycles. The van der Waals surface area contributed by atoms with Gasteiger partial charge in [-0.15, -0.1) is 0 Å². The lowest BCUT2D eigenvalue weighted by Gasteiger charge is -2.34. The standard InChI is InChI=1S/C31H44N2O9/c1-7-20(2)16-17-26(40-21(3)34)27(41-22(4)35)28(42-23(5)36)29(39-6)30(37)32-25-15-11-12-18-33(31(25)38)19-24-13-9-8-10-14-24/h8-10,13-14,16-17,20,25-29H,7,11-12,15,18-19H2,1-6H3,(H,32,37)/b17-16+/t20?,25-,26+,27-,28+,29+/m0/s1. The molecule has 1 aromatic rings. The van der Waals surface area contributed by atoms with Crippen LogP contribution < -0.4 is 5.32 Å². The van der Waals surface area contributed by atoms with Crippen LogP contribution in [0.5, 0.6) is 0 Å². The van der Waals surface area contributed by atoms with E-state index in [1.54, 1.807) is 17.1 Å². The van der Waals surface area contributed by atoms with Gasteiger partial charge in [0.25, 0.3) is 5.91 Å². The summed E-state index contributed by atoms with van der Waals surface area (Å²) in [6.45, 7) is 8.34. The molecular formula is C31H44N2O9. The van der Waals surface area contributed by atoms with Crippen LogP contribution in [0.3, 0.4) is 0 Å². The van der Waals surface area contributed by atoms with Crippen molar-refractivity contribution in [2.45, 2.75) is 97.3 Å². The summed E-state index contributed by atoms with van der Waals surface area (Å²) in [5.41, 5.74) is 0.966. The quantitative estimate of drug-likeness (QED) is 0.197. The van der Waals surface area contributed by atoms with Crippen LogP contribution in [0.2, 0.25) is 0 Å². The smallest absolute Gasteiger partial charge is 0.303 e. The predicted octanol–water partition coefficient (Wildman–Crippen LogP) is 3.10. The summed E-state index contributed by atoms with van der Waals surface area (Å²) in [5.74, 6) is -3.10. The largest absolute Gasteiger partial charge is 0.455 e. The molecule has 11 heteroatoms. The minimum absolute atomic E-state index is 0.0924. The summed E-state index contributed by atoms with van der Waals surface area (Å²) in [4.78, 5) is 65.3. The van der Waals surface area contributed by atoms with Crippen molar-refractivity contribution in [3.8, 4) is 0 Å². The van der Waals surface area contributed by atoms with Gasteiger partial charge in [0.2, 0.25) is 5.91 Å². The average molecular weight is 589 g/mol. The number of methoxy groups -OCH3 is 1. The van der Waals surface area contributed by atoms with E-state index in [-0.39, 0.29) is 11.8 Å². The summed E-state index contributed by atoms with van der Waals surface area (Å²) in [7, 11) is 1.23. The molecule has 1 N–H and O–H groups in total. The number of nitrogens with one attached hydrogen (secondary N) is 1. The van der Waals surface area contributed by atoms with E-state index in [1.165, 1.54) is 14.0 Å². The van der Waals surface area contributed by atoms with E-state index in [4.69, 9.17) is 18.9 Å². The second kappa shape index (κ2) is 17.3. The SMILES string of the molecule is CCC(C)/C=C/[C@@H](OC(C)=O)[C@H](OC(C)=O)[C@@H](OC(C)=O)[C@@H](OC)C(=O)N[C@H]1CCCCN(Cc2ccccc2)C1=O. The van der Waals surface area contributed by atoms with Gasteiger partial charge in [0.15, 0.2) is 24.4 Å². The highest BCUT2D eigenvalue weighted by molar-refractivity contribution is 5.90. The molecule has 232 valence electrons. The van der Waals surface area contributed by atoms with Crippen LogP contribution in [-0.2, 0) is 49.5 Å². The van der Waals surface area contributed by atoms with Gasteiger partial charge < -0.3 is 29.2 Å². The molecule has 1 heterocycles. The summed E-state index contributed by atoms with van der Waals surface area (Å²) in [6.07, 6.45) is 0.356. The van der Waals surface area contributed by atoms with E-state index >= 15 is 0 Å². The fourth-order valence-corrected chi connectivity index (χ4v) is 4.69. The van der Waals surface area contributed by atoms with E-state index in [2.05, 4.69) is 5.32 Å². The Kier molecular flexibility index (Phi) is 14.2. The topological polar surface area (TPSA) is 138 Å². The summed E-state index contributed by atoms with van der Waals surface area (Å²) >= 11 is 0. The number of rotatable bonds is 14. The van der Waals surface area contributed by atoms with Crippen molar-refractivity contribution in [2.24, 2.45) is 5.92 Å². The maximum absolute atomic E-state index is 13.7. The van der Waals surface area contributed by atoms with Gasteiger partial charge in [0, 0.05) is 41.0 Å². The van der Waals surface area contributed by atoms with Crippen LogP contribution in [-0.4, -0.2) is 78.7 Å². The van der Waals surface area contributed by atoms with E-state index < -0.39 is 54.3 Å². The first kappa shape index (κ1) is 34.5. The first-order valence-corrected chi connectivity index (χ1v) is 14.3. The van der Waals surface area contributed by atoms with Crippen LogP contribution in [0.15, 0.2) is 42.5 Å². The van der Waals surface area contributed by atoms with Gasteiger partial charge in [-0.2, -0.15) is 0 Å². The van der Waals surface area contributed by atoms with Crippen molar-refractivity contribution < 1.29 is 42.9 Å². The normalized spacial score (nSPS) is 19.1. The van der Waals surface area contributed by atoms with Crippen molar-refractivity contribution in [2.75, 3.05) is 13.7 Å². The molecule has 0 radical (unpaired) electrons. The lowest BCUT2D eigenvalue weighted by atomic mass is 9.98. The fourth-order valence-electron chi connectivity index (χ4n) is 4.69.